The number of nitrogens with zero attached hydrogens (tertiary/aromatic N) is 3. The van der Waals surface area contributed by atoms with Crippen molar-refractivity contribution in [2.24, 2.45) is 23.2 Å². The number of benzene rings is 2. The molecule has 2 bridgehead atoms. The summed E-state index contributed by atoms with van der Waals surface area (Å²) in [5, 5.41) is 182. The van der Waals surface area contributed by atoms with Gasteiger partial charge < -0.3 is 138 Å². The lowest BCUT2D eigenvalue weighted by molar-refractivity contribution is -0.201. The number of carboxylic acids is 4. The third-order valence-corrected chi connectivity index (χ3v) is 28.5. The van der Waals surface area contributed by atoms with Crippen LogP contribution in [0.4, 0.5) is 10.5 Å². The number of nitrogens with one attached hydrogen (secondary N) is 7. The van der Waals surface area contributed by atoms with Crippen LogP contribution in [0.15, 0.2) is 48.6 Å². The maximum Gasteiger partial charge on any atom is 0.407 e. The molecule has 3 fully saturated rings. The predicted octanol–water partition coefficient (Wildman–Crippen LogP) is -4.66. The molecule has 129 heavy (non-hydrogen) atoms. The molecule has 1 spiro atoms. The number of carboxylic acid groups (broad SMARTS) is 4. The Balaban J connectivity index is 0.903. The van der Waals surface area contributed by atoms with Crippen molar-refractivity contribution >= 4 is 122 Å². The molecule has 1 aromatic heterocycles. The molecule has 2 saturated heterocycles. The van der Waals surface area contributed by atoms with Gasteiger partial charge >= 0.3 is 30.0 Å². The highest BCUT2D eigenvalue weighted by Gasteiger charge is 2.78. The average Bonchev–Trinajstić information content (AvgIpc) is 1.48. The second kappa shape index (κ2) is 44.6. The standard InChI is InChI=1S/C84H118N10O33S2/c1-6-80(123)31-43-32-82(40-126-41-95,70-47(19-23-93(37-43)39-80)46-11-8-9-12-50(46)90-70)49-29-48-53(30-59(49)125-5)92(4)77-83(48)21-24-94-22-10-20-81(7-2,76(83)94)78(121)84(77,124)60(102)36-88-79(122)127-25-26-128-129-38-45(72(113)114)28-55(98)52(15-18-63(105)87-35-58(101)66(108)69(111)75(119)120)91-71(112)44(13-16-61(103)85-33-56(99)64(106)67(109)73(115)116)27-54(97)51(89-42(3)96)14-17-62(104)86-34-57(100)65(107)68(110)74(117)118/h8-12,20,29-30,41,43-45,51-52,56-58,64-69,76-78,90,99-101,106-111,121,123-124H,6-7,13-19,21-28,31-40H2,1-5H3,(H,85,103)(H,86,104)(H,87,105)(H,88,122)(H,89,96)(H,91,112)(H,113,114)(H,115,116)(H,117,118)(H,119,120)/t43-,44-,45+,51+,52+,56+,57+,58+,64-,65-,66-,67+,68+,69+,76+,77-,78-,80+,81-,82+,83-,84+/m1/s1. The minimum atomic E-state index is -2.64. The van der Waals surface area contributed by atoms with Crippen molar-refractivity contribution in [3.05, 3.63) is 70.9 Å². The summed E-state index contributed by atoms with van der Waals surface area (Å²) < 4.78 is 18.0. The Hall–Kier alpha value is -9.56. The first-order valence-electron chi connectivity index (χ1n) is 42.5. The van der Waals surface area contributed by atoms with Gasteiger partial charge in [0.25, 0.3) is 6.47 Å². The number of amides is 6. The number of Topliss-reactive ketones (excluding diaryl/α,β-unsaturated/α-hetero) is 3. The fourth-order valence-corrected chi connectivity index (χ4v) is 21.7. The maximum absolute atomic E-state index is 15.5. The number of piperidine rings is 1. The molecule has 3 aromatic rings. The van der Waals surface area contributed by atoms with Gasteiger partial charge in [-0.1, -0.05) is 65.8 Å². The Morgan fingerprint density at radius 1 is 0.674 bits per heavy atom. The van der Waals surface area contributed by atoms with Crippen molar-refractivity contribution in [2.45, 2.75) is 218 Å². The predicted molar refractivity (Wildman–Crippen MR) is 455 cm³/mol. The molecule has 5 aliphatic heterocycles. The summed E-state index contributed by atoms with van der Waals surface area (Å²) >= 11 is 0. The number of ketones is 3. The highest BCUT2D eigenvalue weighted by Crippen LogP contribution is 2.68. The van der Waals surface area contributed by atoms with Crippen molar-refractivity contribution in [1.29, 1.82) is 0 Å². The fraction of sp³-hybridized carbons (Fsp3) is 0.643. The molecule has 6 heterocycles. The molecule has 23 atom stereocenters. The zero-order chi connectivity index (χ0) is 95.1. The number of rotatable bonds is 50. The van der Waals surface area contributed by atoms with Crippen molar-refractivity contribution in [3.8, 4) is 5.75 Å². The minimum Gasteiger partial charge on any atom is -0.496 e. The van der Waals surface area contributed by atoms with Crippen LogP contribution in [0.2, 0.25) is 0 Å². The molecule has 43 nitrogen and oxygen atoms in total. The Labute approximate surface area is 748 Å². The third-order valence-electron chi connectivity index (χ3n) is 26.0. The smallest absolute Gasteiger partial charge is 0.407 e. The van der Waals surface area contributed by atoms with E-state index < -0.39 is 291 Å². The molecule has 6 aliphatic rings. The lowest BCUT2D eigenvalue weighted by Crippen LogP contribution is -2.81. The number of likely N-dealkylation sites (N-methyl/N-ethyl adjacent to an activating group) is 1. The van der Waals surface area contributed by atoms with E-state index in [2.05, 4.69) is 52.8 Å². The van der Waals surface area contributed by atoms with E-state index in [4.69, 9.17) is 29.5 Å². The van der Waals surface area contributed by atoms with Gasteiger partial charge in [0.2, 0.25) is 29.5 Å². The van der Waals surface area contributed by atoms with Crippen molar-refractivity contribution in [2.75, 3.05) is 103 Å². The Kier molecular flexibility index (Phi) is 35.6. The van der Waals surface area contributed by atoms with E-state index in [0.717, 1.165) is 56.2 Å². The number of aromatic amines is 1. The number of para-hydroxylation sites is 1. The second-order valence-electron chi connectivity index (χ2n) is 34.2. The summed E-state index contributed by atoms with van der Waals surface area (Å²) in [6, 6.07) is 6.61. The normalized spacial score (nSPS) is 26.2. The number of hydrogen-bond donors (Lipinski definition) is 23. The molecule has 6 amide bonds. The van der Waals surface area contributed by atoms with E-state index in [0.29, 0.717) is 88.3 Å². The molecule has 45 heteroatoms. The third kappa shape index (κ3) is 23.1. The lowest BCUT2D eigenvalue weighted by atomic mass is 9.47. The summed E-state index contributed by atoms with van der Waals surface area (Å²) in [7, 11) is 5.10. The highest BCUT2D eigenvalue weighted by atomic mass is 33.1. The van der Waals surface area contributed by atoms with Gasteiger partial charge in [-0.2, -0.15) is 0 Å². The molecular formula is C84H118N10O33S2. The van der Waals surface area contributed by atoms with Crippen LogP contribution < -0.4 is 41.5 Å². The Bertz CT molecular complexity index is 4620. The molecule has 2 aromatic carbocycles. The summed E-state index contributed by atoms with van der Waals surface area (Å²) in [6.45, 7) is 3.88. The van der Waals surface area contributed by atoms with Crippen molar-refractivity contribution in [3.63, 3.8) is 0 Å². The molecule has 0 radical (unpaired) electrons. The monoisotopic (exact) mass is 1860 g/mol. The van der Waals surface area contributed by atoms with Gasteiger partial charge in [0.15, 0.2) is 41.3 Å². The van der Waals surface area contributed by atoms with Crippen LogP contribution >= 0.6 is 21.6 Å². The van der Waals surface area contributed by atoms with Gasteiger partial charge in [0, 0.05) is 160 Å². The van der Waals surface area contributed by atoms with Crippen molar-refractivity contribution in [1.82, 2.24) is 46.7 Å². The first kappa shape index (κ1) is 103. The van der Waals surface area contributed by atoms with E-state index in [1.165, 1.54) is 7.11 Å². The van der Waals surface area contributed by atoms with Gasteiger partial charge in [-0.25, -0.2) is 19.2 Å². The number of carbonyl (C=O) groups is 14. The number of H-pyrrole nitrogens is 1. The van der Waals surface area contributed by atoms with Crippen LogP contribution in [0, 0.1) is 23.2 Å². The molecule has 23 N–H and O–H groups in total. The van der Waals surface area contributed by atoms with Crippen LogP contribution in [0.1, 0.15) is 127 Å². The molecule has 714 valence electrons. The quantitative estimate of drug-likeness (QED) is 0.0109. The topological polar surface area (TPSA) is 688 Å². The van der Waals surface area contributed by atoms with Crippen molar-refractivity contribution < 1.29 is 163 Å². The van der Waals surface area contributed by atoms with Gasteiger partial charge in [0.05, 0.1) is 48.7 Å². The number of aliphatic carboxylic acids is 4. The first-order valence-corrected chi connectivity index (χ1v) is 45.0. The van der Waals surface area contributed by atoms with Crippen LogP contribution in [-0.4, -0.2) is 374 Å². The number of hydrogen-bond acceptors (Lipinski definition) is 34. The van der Waals surface area contributed by atoms with Gasteiger partial charge in [-0.3, -0.25) is 57.7 Å². The maximum atomic E-state index is 15.5. The summed E-state index contributed by atoms with van der Waals surface area (Å²) in [5.74, 6) is -19.3. The zero-order valence-electron chi connectivity index (χ0n) is 71.9. The molecule has 1 aliphatic carbocycles. The SMILES string of the molecule is CC[C@]1(O)C[C@H]2CN(CCc3c([nH]c4ccccc34)[C@@](COC=O)(c3cc4c(cc3OC)N(C)[C@H]3[C@@](O)(C(=O)CNC(=O)OCCSSC[C@H](CC(=O)[C@H](CCC(=O)NC[C@H](O)[C@@H](O)[C@H](O)C(=O)O)NC(=O)[C@H](CCC(=O)NC[C@H](O)[C@@H](O)[C@H](O)C(=O)O)CC(=O)[C@H](CCC(=O)NC[C@H](O)[C@@H](O)[C@H](O)C(=O)O)NC(C)=O)C(=O)O)[C@H](O)[C@]5(CC)C=CCN6CC[C@]43[C@@H]65)C2)C1. The largest absolute Gasteiger partial charge is 0.496 e. The van der Waals surface area contributed by atoms with Crippen LogP contribution in [-0.2, 0) is 89.1 Å². The number of ether oxygens (including phenoxy) is 3. The first-order chi connectivity index (χ1) is 60.9. The summed E-state index contributed by atoms with van der Waals surface area (Å²) in [6.07, 6.45) is -23.5. The van der Waals surface area contributed by atoms with Gasteiger partial charge in [0.1, 0.15) is 61.7 Å². The summed E-state index contributed by atoms with van der Waals surface area (Å²) in [5.41, 5.74) is -2.61. The number of anilines is 1. The van der Waals surface area contributed by atoms with Crippen LogP contribution in [0.5, 0.6) is 5.75 Å². The number of carbonyl (C=O) groups excluding carboxylic acids is 10. The zero-order valence-corrected chi connectivity index (χ0v) is 73.5. The van der Waals surface area contributed by atoms with Gasteiger partial charge in [-0.05, 0) is 93.5 Å². The van der Waals surface area contributed by atoms with E-state index in [-0.39, 0.29) is 24.7 Å². The molecule has 1 saturated carbocycles. The minimum absolute atomic E-state index is 0.0715. The number of aromatic nitrogens is 1. The van der Waals surface area contributed by atoms with E-state index in [1.807, 2.05) is 56.3 Å². The van der Waals surface area contributed by atoms with E-state index >= 15 is 4.79 Å². The molecule has 9 rings (SSSR count). The number of aliphatic hydroxyl groups is 12. The molecule has 1 unspecified atom stereocenters. The number of methoxy groups -OCH3 is 1. The highest BCUT2D eigenvalue weighted by molar-refractivity contribution is 8.76. The molecular weight excluding hydrogens is 1740 g/mol. The van der Waals surface area contributed by atoms with E-state index in [9.17, 15) is 129 Å². The number of aliphatic hydroxyl groups excluding tert-OH is 10. The van der Waals surface area contributed by atoms with Crippen LogP contribution in [0.3, 0.4) is 0 Å². The second-order valence-corrected chi connectivity index (χ2v) is 36.8. The average molecular weight is 1860 g/mol. The number of fused-ring (bicyclic) bond motifs is 6. The lowest BCUT2D eigenvalue weighted by Gasteiger charge is -2.63. The fourth-order valence-electron chi connectivity index (χ4n) is 19.5. The Morgan fingerprint density at radius 3 is 1.78 bits per heavy atom. The number of alkyl carbamates (subject to hydrolysis) is 1. The summed E-state index contributed by atoms with van der Waals surface area (Å²) in [4.78, 5) is 194. The Morgan fingerprint density at radius 2 is 1.24 bits per heavy atom. The van der Waals surface area contributed by atoms with Gasteiger partial charge in [-0.15, -0.1) is 0 Å². The van der Waals surface area contributed by atoms with Crippen LogP contribution in [0.25, 0.3) is 10.9 Å². The van der Waals surface area contributed by atoms with E-state index in [1.54, 1.807) is 11.9 Å².